The number of nitrogens with two attached hydrogens (primary N) is 1. The van der Waals surface area contributed by atoms with E-state index in [1.807, 2.05) is 13.0 Å². The second-order valence-electron chi connectivity index (χ2n) is 3.66. The molecule has 84 valence electrons. The van der Waals surface area contributed by atoms with Crippen LogP contribution in [-0.2, 0) is 6.42 Å². The number of ether oxygens (including phenoxy) is 1. The molecule has 2 N–H and O–H groups in total. The summed E-state index contributed by atoms with van der Waals surface area (Å²) in [6.07, 6.45) is 1.98. The van der Waals surface area contributed by atoms with Crippen LogP contribution in [0.25, 0.3) is 0 Å². The summed E-state index contributed by atoms with van der Waals surface area (Å²) in [5.74, 6) is 0.946. The van der Waals surface area contributed by atoms with E-state index in [1.165, 1.54) is 11.1 Å². The lowest BCUT2D eigenvalue weighted by atomic mass is 9.97. The van der Waals surface area contributed by atoms with Gasteiger partial charge < -0.3 is 10.5 Å². The van der Waals surface area contributed by atoms with Crippen LogP contribution in [0, 0.1) is 0 Å². The lowest BCUT2D eigenvalue weighted by Gasteiger charge is -2.15. The average molecular weight is 207 g/mol. The summed E-state index contributed by atoms with van der Waals surface area (Å²) in [7, 11) is 0. The Balaban J connectivity index is 2.98. The normalized spacial score (nSPS) is 12.5. The first-order valence-electron chi connectivity index (χ1n) is 5.74. The molecule has 2 heteroatoms. The Hall–Kier alpha value is -1.02. The van der Waals surface area contributed by atoms with Crippen molar-refractivity contribution in [2.24, 2.45) is 5.73 Å². The Labute approximate surface area is 92.4 Å². The van der Waals surface area contributed by atoms with Gasteiger partial charge in [0.1, 0.15) is 5.75 Å². The zero-order valence-electron chi connectivity index (χ0n) is 9.92. The molecule has 15 heavy (non-hydrogen) atoms. The molecule has 1 atom stereocenters. The van der Waals surface area contributed by atoms with Gasteiger partial charge in [0, 0.05) is 6.04 Å². The zero-order valence-corrected chi connectivity index (χ0v) is 9.92. The molecule has 1 aromatic carbocycles. The summed E-state index contributed by atoms with van der Waals surface area (Å²) >= 11 is 0. The van der Waals surface area contributed by atoms with Gasteiger partial charge in [0.15, 0.2) is 0 Å². The van der Waals surface area contributed by atoms with Gasteiger partial charge in [-0.2, -0.15) is 0 Å². The molecule has 1 rings (SSSR count). The molecular weight excluding hydrogens is 186 g/mol. The van der Waals surface area contributed by atoms with Crippen LogP contribution in [-0.4, -0.2) is 6.61 Å². The maximum Gasteiger partial charge on any atom is 0.119 e. The molecular formula is C13H21NO. The van der Waals surface area contributed by atoms with Crippen molar-refractivity contribution in [3.05, 3.63) is 29.3 Å². The topological polar surface area (TPSA) is 35.2 Å². The molecule has 0 saturated heterocycles. The molecule has 0 aliphatic heterocycles. The van der Waals surface area contributed by atoms with Crippen molar-refractivity contribution < 1.29 is 4.74 Å². The van der Waals surface area contributed by atoms with E-state index in [1.54, 1.807) is 0 Å². The number of rotatable bonds is 5. The van der Waals surface area contributed by atoms with Gasteiger partial charge in [-0.05, 0) is 43.0 Å². The third-order valence-corrected chi connectivity index (χ3v) is 2.65. The van der Waals surface area contributed by atoms with E-state index in [9.17, 15) is 0 Å². The van der Waals surface area contributed by atoms with E-state index >= 15 is 0 Å². The summed E-state index contributed by atoms with van der Waals surface area (Å²) in [4.78, 5) is 0. The molecule has 1 aromatic rings. The van der Waals surface area contributed by atoms with Crippen molar-refractivity contribution >= 4 is 0 Å². The van der Waals surface area contributed by atoms with E-state index in [0.29, 0.717) is 6.61 Å². The fraction of sp³-hybridized carbons (Fsp3) is 0.538. The van der Waals surface area contributed by atoms with Crippen LogP contribution in [0.4, 0.5) is 0 Å². The standard InChI is InChI=1S/C13H21NO/c1-4-10-9-11(15-6-3)7-8-12(10)13(14)5-2/h7-9,13H,4-6,14H2,1-3H3. The average Bonchev–Trinajstić information content (AvgIpc) is 2.28. The lowest BCUT2D eigenvalue weighted by Crippen LogP contribution is -2.11. The minimum absolute atomic E-state index is 0.149. The van der Waals surface area contributed by atoms with Gasteiger partial charge in [0.05, 0.1) is 6.61 Å². The van der Waals surface area contributed by atoms with Crippen LogP contribution < -0.4 is 10.5 Å². The predicted molar refractivity (Wildman–Crippen MR) is 64.2 cm³/mol. The first kappa shape index (κ1) is 12.1. The quantitative estimate of drug-likeness (QED) is 0.805. The van der Waals surface area contributed by atoms with Crippen LogP contribution in [0.2, 0.25) is 0 Å². The molecule has 0 aromatic heterocycles. The highest BCUT2D eigenvalue weighted by atomic mass is 16.5. The third kappa shape index (κ3) is 2.96. The van der Waals surface area contributed by atoms with E-state index < -0.39 is 0 Å². The van der Waals surface area contributed by atoms with Gasteiger partial charge in [-0.25, -0.2) is 0 Å². The van der Waals surface area contributed by atoms with Crippen molar-refractivity contribution in [1.82, 2.24) is 0 Å². The Morgan fingerprint density at radius 1 is 1.27 bits per heavy atom. The molecule has 1 unspecified atom stereocenters. The van der Waals surface area contributed by atoms with E-state index in [4.69, 9.17) is 10.5 Å². The zero-order chi connectivity index (χ0) is 11.3. The molecule has 0 aliphatic carbocycles. The Morgan fingerprint density at radius 2 is 2.00 bits per heavy atom. The highest BCUT2D eigenvalue weighted by molar-refractivity contribution is 5.37. The van der Waals surface area contributed by atoms with E-state index in [-0.39, 0.29) is 6.04 Å². The van der Waals surface area contributed by atoms with Gasteiger partial charge in [0.25, 0.3) is 0 Å². The van der Waals surface area contributed by atoms with Crippen molar-refractivity contribution in [2.45, 2.75) is 39.7 Å². The highest BCUT2D eigenvalue weighted by Gasteiger charge is 2.09. The van der Waals surface area contributed by atoms with Crippen LogP contribution >= 0.6 is 0 Å². The van der Waals surface area contributed by atoms with E-state index in [0.717, 1.165) is 18.6 Å². The third-order valence-electron chi connectivity index (χ3n) is 2.65. The van der Waals surface area contributed by atoms with Crippen molar-refractivity contribution in [3.63, 3.8) is 0 Å². The summed E-state index contributed by atoms with van der Waals surface area (Å²) in [5.41, 5.74) is 8.61. The fourth-order valence-electron chi connectivity index (χ4n) is 1.73. The summed E-state index contributed by atoms with van der Waals surface area (Å²) in [6, 6.07) is 6.36. The largest absolute Gasteiger partial charge is 0.494 e. The number of hydrogen-bond acceptors (Lipinski definition) is 2. The van der Waals surface area contributed by atoms with Gasteiger partial charge in [0.2, 0.25) is 0 Å². The number of benzene rings is 1. The Bertz CT molecular complexity index is 309. The van der Waals surface area contributed by atoms with Gasteiger partial charge in [-0.15, -0.1) is 0 Å². The molecule has 0 heterocycles. The summed E-state index contributed by atoms with van der Waals surface area (Å²) in [5, 5.41) is 0. The molecule has 0 bridgehead atoms. The number of hydrogen-bond donors (Lipinski definition) is 1. The molecule has 0 saturated carbocycles. The maximum atomic E-state index is 6.05. The van der Waals surface area contributed by atoms with Crippen molar-refractivity contribution in [3.8, 4) is 5.75 Å². The molecule has 0 fully saturated rings. The van der Waals surface area contributed by atoms with Crippen LogP contribution in [0.15, 0.2) is 18.2 Å². The second-order valence-corrected chi connectivity index (χ2v) is 3.66. The summed E-state index contributed by atoms with van der Waals surface area (Å²) < 4.78 is 5.48. The molecule has 0 aliphatic rings. The van der Waals surface area contributed by atoms with Crippen molar-refractivity contribution in [1.29, 1.82) is 0 Å². The lowest BCUT2D eigenvalue weighted by molar-refractivity contribution is 0.339. The molecule has 0 spiro atoms. The second kappa shape index (κ2) is 5.76. The molecule has 2 nitrogen and oxygen atoms in total. The monoisotopic (exact) mass is 207 g/mol. The highest BCUT2D eigenvalue weighted by Crippen LogP contribution is 2.24. The van der Waals surface area contributed by atoms with Crippen LogP contribution in [0.1, 0.15) is 44.4 Å². The van der Waals surface area contributed by atoms with Gasteiger partial charge >= 0.3 is 0 Å². The smallest absolute Gasteiger partial charge is 0.119 e. The number of aryl methyl sites for hydroxylation is 1. The SMILES string of the molecule is CCOc1ccc(C(N)CC)c(CC)c1. The Kier molecular flexibility index (Phi) is 4.63. The van der Waals surface area contributed by atoms with Crippen LogP contribution in [0.3, 0.4) is 0 Å². The Morgan fingerprint density at radius 3 is 2.53 bits per heavy atom. The minimum Gasteiger partial charge on any atom is -0.494 e. The van der Waals surface area contributed by atoms with Gasteiger partial charge in [-0.1, -0.05) is 19.9 Å². The van der Waals surface area contributed by atoms with Crippen molar-refractivity contribution in [2.75, 3.05) is 6.61 Å². The minimum atomic E-state index is 0.149. The summed E-state index contributed by atoms with van der Waals surface area (Å²) in [6.45, 7) is 6.97. The first-order chi connectivity index (χ1) is 7.22. The van der Waals surface area contributed by atoms with Gasteiger partial charge in [-0.3, -0.25) is 0 Å². The van der Waals surface area contributed by atoms with E-state index in [2.05, 4.69) is 26.0 Å². The van der Waals surface area contributed by atoms with Crippen LogP contribution in [0.5, 0.6) is 5.75 Å². The molecule has 0 amide bonds. The maximum absolute atomic E-state index is 6.05. The fourth-order valence-corrected chi connectivity index (χ4v) is 1.73. The molecule has 0 radical (unpaired) electrons. The first-order valence-corrected chi connectivity index (χ1v) is 5.74. The predicted octanol–water partition coefficient (Wildman–Crippen LogP) is 3.06.